The first-order valence-corrected chi connectivity index (χ1v) is 7.10. The van der Waals surface area contributed by atoms with Crippen molar-refractivity contribution < 1.29 is 14.3 Å². The molecule has 0 aliphatic carbocycles. The molecule has 1 aliphatic heterocycles. The van der Waals surface area contributed by atoms with E-state index in [1.54, 1.807) is 13.2 Å². The highest BCUT2D eigenvalue weighted by Crippen LogP contribution is 2.36. The standard InChI is InChI=1S/C16H13BrO3/c1-19-12-4-2-3-10(7-12)16-9-14(18)13-8-11(17)5-6-15(13)20-16/h2-8,16H,9H2,1H3. The van der Waals surface area contributed by atoms with Crippen LogP contribution in [-0.2, 0) is 0 Å². The number of hydrogen-bond donors (Lipinski definition) is 0. The van der Waals surface area contributed by atoms with Crippen LogP contribution in [0.4, 0.5) is 0 Å². The van der Waals surface area contributed by atoms with E-state index in [9.17, 15) is 4.79 Å². The van der Waals surface area contributed by atoms with Crippen molar-refractivity contribution in [3.63, 3.8) is 0 Å². The number of carbonyl (C=O) groups is 1. The Labute approximate surface area is 125 Å². The van der Waals surface area contributed by atoms with Crippen molar-refractivity contribution in [2.24, 2.45) is 0 Å². The lowest BCUT2D eigenvalue weighted by Gasteiger charge is -2.25. The third-order valence-electron chi connectivity index (χ3n) is 3.35. The minimum atomic E-state index is -0.258. The average molecular weight is 333 g/mol. The van der Waals surface area contributed by atoms with E-state index in [1.165, 1.54) is 0 Å². The van der Waals surface area contributed by atoms with Crippen molar-refractivity contribution in [2.45, 2.75) is 12.5 Å². The number of halogens is 1. The molecule has 4 heteroatoms. The maximum atomic E-state index is 12.2. The number of ether oxygens (including phenoxy) is 2. The molecule has 3 rings (SSSR count). The van der Waals surface area contributed by atoms with Gasteiger partial charge in [-0.3, -0.25) is 4.79 Å². The Morgan fingerprint density at radius 3 is 2.90 bits per heavy atom. The van der Waals surface area contributed by atoms with Crippen LogP contribution in [0.15, 0.2) is 46.9 Å². The second-order valence-corrected chi connectivity index (χ2v) is 5.57. The van der Waals surface area contributed by atoms with Gasteiger partial charge in [0.1, 0.15) is 17.6 Å². The van der Waals surface area contributed by atoms with Crippen LogP contribution in [0.2, 0.25) is 0 Å². The fraction of sp³-hybridized carbons (Fsp3) is 0.188. The minimum Gasteiger partial charge on any atom is -0.497 e. The summed E-state index contributed by atoms with van der Waals surface area (Å²) in [5.41, 5.74) is 1.59. The van der Waals surface area contributed by atoms with Crippen molar-refractivity contribution in [1.29, 1.82) is 0 Å². The number of fused-ring (bicyclic) bond motifs is 1. The average Bonchev–Trinajstić information content (AvgIpc) is 2.48. The Bertz CT molecular complexity index is 667. The van der Waals surface area contributed by atoms with E-state index in [-0.39, 0.29) is 11.9 Å². The molecular formula is C16H13BrO3. The molecule has 0 bridgehead atoms. The van der Waals surface area contributed by atoms with E-state index in [0.717, 1.165) is 15.8 Å². The van der Waals surface area contributed by atoms with E-state index in [4.69, 9.17) is 9.47 Å². The Kier molecular flexibility index (Phi) is 3.49. The lowest BCUT2D eigenvalue weighted by molar-refractivity contribution is 0.0849. The summed E-state index contributed by atoms with van der Waals surface area (Å²) >= 11 is 3.37. The molecule has 0 amide bonds. The molecule has 0 aromatic heterocycles. The smallest absolute Gasteiger partial charge is 0.170 e. The molecule has 0 saturated carbocycles. The molecular weight excluding hydrogens is 320 g/mol. The van der Waals surface area contributed by atoms with Gasteiger partial charge in [0.25, 0.3) is 0 Å². The zero-order chi connectivity index (χ0) is 14.1. The minimum absolute atomic E-state index is 0.0976. The van der Waals surface area contributed by atoms with Gasteiger partial charge in [-0.15, -0.1) is 0 Å². The van der Waals surface area contributed by atoms with Crippen molar-refractivity contribution >= 4 is 21.7 Å². The molecule has 20 heavy (non-hydrogen) atoms. The topological polar surface area (TPSA) is 35.5 Å². The van der Waals surface area contributed by atoms with Gasteiger partial charge >= 0.3 is 0 Å². The maximum Gasteiger partial charge on any atom is 0.170 e. The Morgan fingerprint density at radius 2 is 2.10 bits per heavy atom. The monoisotopic (exact) mass is 332 g/mol. The van der Waals surface area contributed by atoms with Gasteiger partial charge < -0.3 is 9.47 Å². The van der Waals surface area contributed by atoms with E-state index >= 15 is 0 Å². The molecule has 102 valence electrons. The first-order chi connectivity index (χ1) is 9.67. The van der Waals surface area contributed by atoms with Crippen LogP contribution >= 0.6 is 15.9 Å². The van der Waals surface area contributed by atoms with Gasteiger partial charge in [0, 0.05) is 4.47 Å². The summed E-state index contributed by atoms with van der Waals surface area (Å²) in [7, 11) is 1.62. The van der Waals surface area contributed by atoms with Crippen molar-refractivity contribution in [2.75, 3.05) is 7.11 Å². The van der Waals surface area contributed by atoms with Crippen LogP contribution < -0.4 is 9.47 Å². The van der Waals surface area contributed by atoms with E-state index < -0.39 is 0 Å². The summed E-state index contributed by atoms with van der Waals surface area (Å²) in [4.78, 5) is 12.2. The molecule has 0 radical (unpaired) electrons. The van der Waals surface area contributed by atoms with Gasteiger partial charge in [0.05, 0.1) is 19.1 Å². The van der Waals surface area contributed by atoms with Crippen LogP contribution in [0.1, 0.15) is 28.4 Å². The highest BCUT2D eigenvalue weighted by Gasteiger charge is 2.27. The SMILES string of the molecule is COc1cccc(C2CC(=O)c3cc(Br)ccc3O2)c1. The van der Waals surface area contributed by atoms with Crippen molar-refractivity contribution in [3.05, 3.63) is 58.1 Å². The summed E-state index contributed by atoms with van der Waals surface area (Å²) in [6.45, 7) is 0. The first kappa shape index (κ1) is 13.2. The molecule has 1 atom stereocenters. The first-order valence-electron chi connectivity index (χ1n) is 6.31. The van der Waals surface area contributed by atoms with E-state index in [1.807, 2.05) is 36.4 Å². The van der Waals surface area contributed by atoms with Crippen molar-refractivity contribution in [1.82, 2.24) is 0 Å². The van der Waals surface area contributed by atoms with E-state index in [2.05, 4.69) is 15.9 Å². The normalized spacial score (nSPS) is 17.3. The molecule has 2 aromatic rings. The summed E-state index contributed by atoms with van der Waals surface area (Å²) in [6, 6.07) is 13.1. The number of rotatable bonds is 2. The molecule has 0 fully saturated rings. The number of ketones is 1. The third-order valence-corrected chi connectivity index (χ3v) is 3.84. The lowest BCUT2D eigenvalue weighted by atomic mass is 9.96. The van der Waals surface area contributed by atoms with Gasteiger partial charge in [-0.05, 0) is 35.9 Å². The highest BCUT2D eigenvalue weighted by molar-refractivity contribution is 9.10. The number of Topliss-reactive ketones (excluding diaryl/α,β-unsaturated/α-hetero) is 1. The number of methoxy groups -OCH3 is 1. The predicted octanol–water partition coefficient (Wildman–Crippen LogP) is 4.16. The van der Waals surface area contributed by atoms with Gasteiger partial charge in [0.15, 0.2) is 5.78 Å². The van der Waals surface area contributed by atoms with Gasteiger partial charge in [-0.25, -0.2) is 0 Å². The van der Waals surface area contributed by atoms with Crippen LogP contribution in [0.5, 0.6) is 11.5 Å². The second-order valence-electron chi connectivity index (χ2n) is 4.65. The fourth-order valence-corrected chi connectivity index (χ4v) is 2.68. The van der Waals surface area contributed by atoms with E-state index in [0.29, 0.717) is 17.7 Å². The quantitative estimate of drug-likeness (QED) is 0.828. The summed E-state index contributed by atoms with van der Waals surface area (Å²) < 4.78 is 12.0. The second kappa shape index (κ2) is 5.29. The Balaban J connectivity index is 1.94. The van der Waals surface area contributed by atoms with Gasteiger partial charge in [-0.1, -0.05) is 28.1 Å². The molecule has 1 unspecified atom stereocenters. The van der Waals surface area contributed by atoms with Gasteiger partial charge in [0.2, 0.25) is 0 Å². The molecule has 0 spiro atoms. The largest absolute Gasteiger partial charge is 0.497 e. The lowest BCUT2D eigenvalue weighted by Crippen LogP contribution is -2.20. The number of carbonyl (C=O) groups excluding carboxylic acids is 1. The predicted molar refractivity (Wildman–Crippen MR) is 79.5 cm³/mol. The van der Waals surface area contributed by atoms with Crippen LogP contribution in [0.3, 0.4) is 0 Å². The van der Waals surface area contributed by atoms with Gasteiger partial charge in [-0.2, -0.15) is 0 Å². The number of hydrogen-bond acceptors (Lipinski definition) is 3. The van der Waals surface area contributed by atoms with Crippen LogP contribution in [-0.4, -0.2) is 12.9 Å². The molecule has 0 saturated heterocycles. The third kappa shape index (κ3) is 2.43. The van der Waals surface area contributed by atoms with Crippen LogP contribution in [0, 0.1) is 0 Å². The maximum absolute atomic E-state index is 12.2. The number of benzene rings is 2. The summed E-state index contributed by atoms with van der Waals surface area (Å²) in [5, 5.41) is 0. The fourth-order valence-electron chi connectivity index (χ4n) is 2.32. The molecule has 1 aliphatic rings. The Morgan fingerprint density at radius 1 is 1.25 bits per heavy atom. The van der Waals surface area contributed by atoms with Crippen molar-refractivity contribution in [3.8, 4) is 11.5 Å². The summed E-state index contributed by atoms with van der Waals surface area (Å²) in [5.74, 6) is 1.50. The van der Waals surface area contributed by atoms with Crippen LogP contribution in [0.25, 0.3) is 0 Å². The molecule has 1 heterocycles. The zero-order valence-electron chi connectivity index (χ0n) is 10.9. The Hall–Kier alpha value is -1.81. The molecule has 0 N–H and O–H groups in total. The highest BCUT2D eigenvalue weighted by atomic mass is 79.9. The molecule has 2 aromatic carbocycles. The molecule has 3 nitrogen and oxygen atoms in total. The zero-order valence-corrected chi connectivity index (χ0v) is 12.5. The summed E-state index contributed by atoms with van der Waals surface area (Å²) in [6.07, 6.45) is 0.0858.